The zero-order valence-electron chi connectivity index (χ0n) is 27.5. The lowest BCUT2D eigenvalue weighted by Gasteiger charge is -2.33. The highest BCUT2D eigenvalue weighted by Crippen LogP contribution is 2.26. The monoisotopic (exact) mass is 688 g/mol. The van der Waals surface area contributed by atoms with Gasteiger partial charge < -0.3 is 25.0 Å². The Hall–Kier alpha value is -3.62. The fourth-order valence-corrected chi connectivity index (χ4v) is 7.87. The highest BCUT2D eigenvalue weighted by Gasteiger charge is 2.43. The number of hydrogen-bond donors (Lipinski definition) is 2. The van der Waals surface area contributed by atoms with Crippen molar-refractivity contribution in [1.29, 1.82) is 0 Å². The number of amides is 3. The molecule has 0 aromatic heterocycles. The number of ether oxygens (including phenoxy) is 2. The van der Waals surface area contributed by atoms with Gasteiger partial charge in [-0.05, 0) is 70.4 Å². The third kappa shape index (κ3) is 9.48. The fourth-order valence-electron chi connectivity index (χ4n) is 5.38. The summed E-state index contributed by atoms with van der Waals surface area (Å²) in [5, 5.41) is 5.99. The smallest absolute Gasteiger partial charge is 0.410 e. The van der Waals surface area contributed by atoms with Gasteiger partial charge in [-0.25, -0.2) is 22.3 Å². The first kappa shape index (κ1) is 36.2. The van der Waals surface area contributed by atoms with Crippen LogP contribution in [-0.4, -0.2) is 97.4 Å². The lowest BCUT2D eigenvalue weighted by molar-refractivity contribution is -0.149. The first-order valence-electron chi connectivity index (χ1n) is 15.6. The van der Waals surface area contributed by atoms with Crippen molar-refractivity contribution in [2.75, 3.05) is 43.6 Å². The third-order valence-electron chi connectivity index (χ3n) is 7.94. The molecule has 2 aromatic rings. The molecule has 2 fully saturated rings. The van der Waals surface area contributed by atoms with Gasteiger partial charge in [-0.15, -0.1) is 0 Å². The first-order chi connectivity index (χ1) is 22.2. The number of nitrogens with one attached hydrogen (secondary N) is 2. The normalized spacial score (nSPS) is 18.1. The molecule has 2 aliphatic rings. The first-order valence-corrected chi connectivity index (χ1v) is 18.2. The van der Waals surface area contributed by atoms with Gasteiger partial charge in [0, 0.05) is 49.2 Å². The van der Waals surface area contributed by atoms with Crippen LogP contribution in [0.25, 0.3) is 0 Å². The molecule has 2 atom stereocenters. The fraction of sp³-hybridized carbons (Fsp3) is 0.515. The Morgan fingerprint density at radius 3 is 2.23 bits per heavy atom. The van der Waals surface area contributed by atoms with Crippen molar-refractivity contribution < 1.29 is 37.1 Å². The summed E-state index contributed by atoms with van der Waals surface area (Å²) in [4.78, 5) is 54.0. The zero-order chi connectivity index (χ0) is 34.4. The SMILES string of the molecule is COC(=O)[C@H](Cc1ccc(NC(=O)C2CCN(C(=O)OC(C)(C)C)CC2)cc1)N(C(=O)C1CSCCN1)S(=O)(=O)c1ccc(C)cc1. The topological polar surface area (TPSA) is 151 Å². The molecule has 4 rings (SSSR count). The van der Waals surface area contributed by atoms with Gasteiger partial charge in [0.25, 0.3) is 15.9 Å². The van der Waals surface area contributed by atoms with E-state index in [-0.39, 0.29) is 23.1 Å². The number of aryl methyl sites for hydroxylation is 1. The van der Waals surface area contributed by atoms with Crippen molar-refractivity contribution in [2.24, 2.45) is 5.92 Å². The molecule has 2 heterocycles. The number of esters is 1. The van der Waals surface area contributed by atoms with E-state index < -0.39 is 45.7 Å². The zero-order valence-corrected chi connectivity index (χ0v) is 29.1. The van der Waals surface area contributed by atoms with Crippen molar-refractivity contribution in [3.63, 3.8) is 0 Å². The van der Waals surface area contributed by atoms with Crippen LogP contribution in [-0.2, 0) is 40.3 Å². The molecule has 0 spiro atoms. The van der Waals surface area contributed by atoms with Crippen LogP contribution in [0.1, 0.15) is 44.7 Å². The summed E-state index contributed by atoms with van der Waals surface area (Å²) in [5.74, 6) is -0.908. The molecular formula is C33H44N4O8S2. The number of thioether (sulfide) groups is 1. The van der Waals surface area contributed by atoms with Gasteiger partial charge in [0.15, 0.2) is 0 Å². The van der Waals surface area contributed by atoms with Crippen LogP contribution >= 0.6 is 11.8 Å². The third-order valence-corrected chi connectivity index (χ3v) is 10.8. The Labute approximate surface area is 281 Å². The Kier molecular flexibility index (Phi) is 12.0. The molecule has 12 nitrogen and oxygen atoms in total. The van der Waals surface area contributed by atoms with Gasteiger partial charge in [0.2, 0.25) is 5.91 Å². The minimum absolute atomic E-state index is 0.108. The second-order valence-electron chi connectivity index (χ2n) is 12.7. The maximum atomic E-state index is 14.0. The van der Waals surface area contributed by atoms with E-state index in [4.69, 9.17) is 9.47 Å². The molecular weight excluding hydrogens is 645 g/mol. The van der Waals surface area contributed by atoms with Crippen LogP contribution in [0.5, 0.6) is 0 Å². The minimum atomic E-state index is -4.45. The van der Waals surface area contributed by atoms with Crippen LogP contribution in [0.2, 0.25) is 0 Å². The van der Waals surface area contributed by atoms with Crippen molar-refractivity contribution in [3.8, 4) is 0 Å². The molecule has 0 bridgehead atoms. The van der Waals surface area contributed by atoms with E-state index in [1.165, 1.54) is 23.9 Å². The predicted octanol–water partition coefficient (Wildman–Crippen LogP) is 3.59. The lowest BCUT2D eigenvalue weighted by Crippen LogP contribution is -2.57. The van der Waals surface area contributed by atoms with E-state index in [1.54, 1.807) is 41.3 Å². The Balaban J connectivity index is 1.49. The number of likely N-dealkylation sites (tertiary alicyclic amines) is 1. The number of nitrogens with zero attached hydrogens (tertiary/aromatic N) is 2. The predicted molar refractivity (Wildman–Crippen MR) is 179 cm³/mol. The van der Waals surface area contributed by atoms with Crippen LogP contribution in [0.15, 0.2) is 53.4 Å². The maximum Gasteiger partial charge on any atom is 0.410 e. The number of anilines is 1. The number of carbonyl (C=O) groups excluding carboxylic acids is 4. The number of sulfonamides is 1. The highest BCUT2D eigenvalue weighted by molar-refractivity contribution is 7.99. The Morgan fingerprint density at radius 2 is 1.68 bits per heavy atom. The van der Waals surface area contributed by atoms with E-state index >= 15 is 0 Å². The van der Waals surface area contributed by atoms with E-state index in [2.05, 4.69) is 10.6 Å². The average molecular weight is 689 g/mol. The number of benzene rings is 2. The second kappa shape index (κ2) is 15.5. The molecule has 1 unspecified atom stereocenters. The molecule has 0 saturated carbocycles. The van der Waals surface area contributed by atoms with Crippen LogP contribution in [0.4, 0.5) is 10.5 Å². The Morgan fingerprint density at radius 1 is 1.04 bits per heavy atom. The minimum Gasteiger partial charge on any atom is -0.467 e. The number of carbonyl (C=O) groups is 4. The molecule has 0 radical (unpaired) electrons. The van der Waals surface area contributed by atoms with Crippen molar-refractivity contribution in [3.05, 3.63) is 59.7 Å². The van der Waals surface area contributed by atoms with Gasteiger partial charge in [-0.2, -0.15) is 11.8 Å². The molecule has 2 saturated heterocycles. The summed E-state index contributed by atoms with van der Waals surface area (Å²) in [5.41, 5.74) is 1.33. The molecule has 3 amide bonds. The van der Waals surface area contributed by atoms with Gasteiger partial charge >= 0.3 is 12.1 Å². The van der Waals surface area contributed by atoms with E-state index in [0.29, 0.717) is 53.8 Å². The molecule has 14 heteroatoms. The van der Waals surface area contributed by atoms with Crippen LogP contribution in [0.3, 0.4) is 0 Å². The van der Waals surface area contributed by atoms with Gasteiger partial charge in [0.05, 0.1) is 18.0 Å². The second-order valence-corrected chi connectivity index (χ2v) is 15.7. The molecule has 2 N–H and O–H groups in total. The van der Waals surface area contributed by atoms with Crippen molar-refractivity contribution >= 4 is 51.3 Å². The summed E-state index contributed by atoms with van der Waals surface area (Å²) in [6.45, 7) is 8.60. The van der Waals surface area contributed by atoms with Crippen LogP contribution < -0.4 is 10.6 Å². The van der Waals surface area contributed by atoms with E-state index in [0.717, 1.165) is 18.4 Å². The number of rotatable bonds is 9. The maximum absolute atomic E-state index is 14.0. The Bertz CT molecular complexity index is 1530. The largest absolute Gasteiger partial charge is 0.467 e. The summed E-state index contributed by atoms with van der Waals surface area (Å²) < 4.78 is 39.2. The summed E-state index contributed by atoms with van der Waals surface area (Å²) in [6, 6.07) is 10.5. The van der Waals surface area contributed by atoms with Gasteiger partial charge in [0.1, 0.15) is 11.6 Å². The molecule has 2 aromatic carbocycles. The average Bonchev–Trinajstić information content (AvgIpc) is 3.04. The molecule has 0 aliphatic carbocycles. The van der Waals surface area contributed by atoms with Crippen molar-refractivity contribution in [1.82, 2.24) is 14.5 Å². The van der Waals surface area contributed by atoms with Gasteiger partial charge in [-0.1, -0.05) is 29.8 Å². The number of piperidine rings is 1. The summed E-state index contributed by atoms with van der Waals surface area (Å²) in [7, 11) is -3.30. The molecule has 2 aliphatic heterocycles. The standard InChI is InChI=1S/C33H44N4O8S2/c1-22-6-12-26(13-7-22)47(42,43)37(30(39)27-21-46-19-16-34-27)28(31(40)44-5)20-23-8-10-25(11-9-23)35-29(38)24-14-17-36(18-15-24)32(41)45-33(2,3)4/h6-13,24,27-28,34H,14-21H2,1-5H3,(H,35,38)/t27?,28-/m0/s1. The summed E-state index contributed by atoms with van der Waals surface area (Å²) >= 11 is 1.53. The van der Waals surface area contributed by atoms with E-state index in [9.17, 15) is 27.6 Å². The molecule has 256 valence electrons. The number of methoxy groups -OCH3 is 1. The lowest BCUT2D eigenvalue weighted by atomic mass is 9.96. The molecule has 47 heavy (non-hydrogen) atoms. The van der Waals surface area contributed by atoms with E-state index in [1.807, 2.05) is 27.7 Å². The van der Waals surface area contributed by atoms with Crippen LogP contribution in [0, 0.1) is 12.8 Å². The van der Waals surface area contributed by atoms with Gasteiger partial charge in [-0.3, -0.25) is 9.59 Å². The highest BCUT2D eigenvalue weighted by atomic mass is 32.2. The van der Waals surface area contributed by atoms with Crippen molar-refractivity contribution in [2.45, 2.75) is 69.5 Å². The quantitative estimate of drug-likeness (QED) is 0.374. The summed E-state index contributed by atoms with van der Waals surface area (Å²) in [6.07, 6.45) is 0.466. The number of hydrogen-bond acceptors (Lipinski definition) is 10.